The van der Waals surface area contributed by atoms with Crippen LogP contribution in [0.4, 0.5) is 0 Å². The summed E-state index contributed by atoms with van der Waals surface area (Å²) in [5.74, 6) is 2.16. The molecular weight excluding hydrogens is 400 g/mol. The molecule has 11 heteroatoms. The van der Waals surface area contributed by atoms with E-state index in [-0.39, 0.29) is 12.0 Å². The van der Waals surface area contributed by atoms with Crippen molar-refractivity contribution in [2.24, 2.45) is 9.39 Å². The Morgan fingerprint density at radius 1 is 1.25 bits per heavy atom. The average Bonchev–Trinajstić information content (AvgIpc) is 3.05. The second-order valence-corrected chi connectivity index (χ2v) is 8.60. The van der Waals surface area contributed by atoms with E-state index in [1.165, 1.54) is 4.90 Å². The minimum atomic E-state index is -3.91. The van der Waals surface area contributed by atoms with Crippen LogP contribution in [0.15, 0.2) is 40.0 Å². The second kappa shape index (κ2) is 8.65. The summed E-state index contributed by atoms with van der Waals surface area (Å²) in [4.78, 5) is 13.1. The molecule has 2 N–H and O–H groups in total. The molecule has 9 nitrogen and oxygen atoms in total. The number of aromatic amines is 1. The van der Waals surface area contributed by atoms with Gasteiger partial charge in [-0.2, -0.15) is 20.2 Å². The lowest BCUT2D eigenvalue weighted by Crippen LogP contribution is -2.51. The van der Waals surface area contributed by atoms with Gasteiger partial charge in [0.25, 0.3) is 0 Å². The van der Waals surface area contributed by atoms with Crippen molar-refractivity contribution >= 4 is 34.0 Å². The predicted octanol–water partition coefficient (Wildman–Crippen LogP) is 1.83. The highest BCUT2D eigenvalue weighted by atomic mass is 32.2. The molecule has 0 atom stereocenters. The van der Waals surface area contributed by atoms with Crippen LogP contribution in [-0.4, -0.2) is 54.6 Å². The SMILES string of the molecule is Cc1ccc(OC2=NS(=O)(=O)NC(=NCCSCc3nc[nH]c3C)N2C)cc1. The van der Waals surface area contributed by atoms with Crippen LogP contribution in [0.1, 0.15) is 17.0 Å². The van der Waals surface area contributed by atoms with Crippen molar-refractivity contribution in [3.8, 4) is 5.75 Å². The minimum Gasteiger partial charge on any atom is -0.425 e. The molecule has 0 fully saturated rings. The first-order valence-corrected chi connectivity index (χ1v) is 11.2. The van der Waals surface area contributed by atoms with E-state index >= 15 is 0 Å². The van der Waals surface area contributed by atoms with Gasteiger partial charge in [-0.1, -0.05) is 22.1 Å². The fraction of sp³-hybridized carbons (Fsp3) is 0.353. The number of thioether (sulfide) groups is 1. The number of aryl methyl sites for hydroxylation is 2. The molecule has 2 aromatic rings. The van der Waals surface area contributed by atoms with Crippen LogP contribution >= 0.6 is 11.8 Å². The zero-order chi connectivity index (χ0) is 20.1. The van der Waals surface area contributed by atoms with Gasteiger partial charge >= 0.3 is 16.2 Å². The highest BCUT2D eigenvalue weighted by Gasteiger charge is 2.28. The molecule has 0 bridgehead atoms. The Labute approximate surface area is 168 Å². The first-order chi connectivity index (χ1) is 13.3. The van der Waals surface area contributed by atoms with Crippen LogP contribution in [0.5, 0.6) is 5.75 Å². The van der Waals surface area contributed by atoms with E-state index in [9.17, 15) is 8.42 Å². The monoisotopic (exact) mass is 422 g/mol. The van der Waals surface area contributed by atoms with Crippen LogP contribution < -0.4 is 9.46 Å². The zero-order valence-corrected chi connectivity index (χ0v) is 17.5. The number of ether oxygens (including phenoxy) is 1. The number of H-pyrrole nitrogens is 1. The van der Waals surface area contributed by atoms with Gasteiger partial charge < -0.3 is 9.72 Å². The van der Waals surface area contributed by atoms with E-state index in [2.05, 4.69) is 24.1 Å². The number of aliphatic imine (C=N–C) groups is 1. The van der Waals surface area contributed by atoms with Gasteiger partial charge in [-0.3, -0.25) is 9.89 Å². The lowest BCUT2D eigenvalue weighted by atomic mass is 10.2. The van der Waals surface area contributed by atoms with Crippen molar-refractivity contribution in [2.45, 2.75) is 19.6 Å². The number of imidazole rings is 1. The summed E-state index contributed by atoms with van der Waals surface area (Å²) >= 11 is 1.67. The fourth-order valence-electron chi connectivity index (χ4n) is 2.32. The smallest absolute Gasteiger partial charge is 0.349 e. The Hall–Kier alpha value is -2.53. The van der Waals surface area contributed by atoms with Crippen LogP contribution in [0.2, 0.25) is 0 Å². The maximum atomic E-state index is 12.0. The van der Waals surface area contributed by atoms with Crippen molar-refractivity contribution in [1.29, 1.82) is 0 Å². The molecule has 150 valence electrons. The Balaban J connectivity index is 1.61. The molecule has 1 aliphatic rings. The standard InChI is InChI=1S/C17H22N6O3S2/c1-12-4-6-14(7-5-12)26-17-22-28(24,25)21-16(23(17)3)18-8-9-27-10-15-13(2)19-11-20-15/h4-7,11H,8-10H2,1-3H3,(H,18,21)(H,19,20). The van der Waals surface area contributed by atoms with Gasteiger partial charge in [0, 0.05) is 24.2 Å². The van der Waals surface area contributed by atoms with Crippen LogP contribution in [0.3, 0.4) is 0 Å². The molecule has 0 aliphatic carbocycles. The van der Waals surface area contributed by atoms with Crippen molar-refractivity contribution in [3.05, 3.63) is 47.5 Å². The molecule has 0 amide bonds. The number of hydrogen-bond acceptors (Lipinski definition) is 6. The first kappa shape index (κ1) is 20.2. The van der Waals surface area contributed by atoms with Crippen LogP contribution in [0.25, 0.3) is 0 Å². The van der Waals surface area contributed by atoms with Gasteiger partial charge in [0.15, 0.2) is 0 Å². The molecule has 0 unspecified atom stereocenters. The number of guanidine groups is 1. The summed E-state index contributed by atoms with van der Waals surface area (Å²) in [7, 11) is -2.26. The lowest BCUT2D eigenvalue weighted by molar-refractivity contribution is 0.460. The summed E-state index contributed by atoms with van der Waals surface area (Å²) in [6, 6.07) is 7.20. The number of amidine groups is 1. The normalized spacial score (nSPS) is 17.3. The summed E-state index contributed by atoms with van der Waals surface area (Å²) in [5, 5.41) is 0. The van der Waals surface area contributed by atoms with E-state index in [0.29, 0.717) is 12.3 Å². The Morgan fingerprint density at radius 3 is 2.68 bits per heavy atom. The van der Waals surface area contributed by atoms with Crippen molar-refractivity contribution in [2.75, 3.05) is 19.3 Å². The van der Waals surface area contributed by atoms with Gasteiger partial charge in [0.2, 0.25) is 5.96 Å². The van der Waals surface area contributed by atoms with Crippen LogP contribution in [-0.2, 0) is 16.0 Å². The largest absolute Gasteiger partial charge is 0.425 e. The molecule has 0 radical (unpaired) electrons. The van der Waals surface area contributed by atoms with E-state index in [0.717, 1.165) is 28.5 Å². The van der Waals surface area contributed by atoms with Crippen molar-refractivity contribution in [1.82, 2.24) is 19.6 Å². The highest BCUT2D eigenvalue weighted by Crippen LogP contribution is 2.15. The molecule has 3 rings (SSSR count). The maximum absolute atomic E-state index is 12.0. The zero-order valence-electron chi connectivity index (χ0n) is 15.8. The first-order valence-electron chi connectivity index (χ1n) is 8.56. The molecule has 0 saturated heterocycles. The Kier molecular flexibility index (Phi) is 6.25. The van der Waals surface area contributed by atoms with E-state index in [1.54, 1.807) is 37.3 Å². The number of nitrogens with one attached hydrogen (secondary N) is 2. The molecule has 2 heterocycles. The fourth-order valence-corrected chi connectivity index (χ4v) is 4.01. The van der Waals surface area contributed by atoms with Crippen LogP contribution in [0, 0.1) is 13.8 Å². The number of aromatic nitrogens is 2. The van der Waals surface area contributed by atoms with Gasteiger partial charge in [-0.05, 0) is 26.0 Å². The number of benzene rings is 1. The molecule has 1 aromatic carbocycles. The third-order valence-corrected chi connectivity index (χ3v) is 5.71. The van der Waals surface area contributed by atoms with E-state index in [4.69, 9.17) is 4.74 Å². The average molecular weight is 423 g/mol. The lowest BCUT2D eigenvalue weighted by Gasteiger charge is -2.26. The summed E-state index contributed by atoms with van der Waals surface area (Å²) in [6.07, 6.45) is 1.67. The molecule has 1 aromatic heterocycles. The maximum Gasteiger partial charge on any atom is 0.349 e. The molecule has 0 spiro atoms. The van der Waals surface area contributed by atoms with E-state index < -0.39 is 10.2 Å². The highest BCUT2D eigenvalue weighted by molar-refractivity contribution is 7.98. The number of hydrogen-bond donors (Lipinski definition) is 2. The van der Waals surface area contributed by atoms with Gasteiger partial charge in [0.05, 0.1) is 18.6 Å². The topological polar surface area (TPSA) is 112 Å². The third-order valence-electron chi connectivity index (χ3n) is 3.92. The Morgan fingerprint density at radius 2 is 2.00 bits per heavy atom. The number of nitrogens with zero attached hydrogens (tertiary/aromatic N) is 4. The molecule has 0 saturated carbocycles. The van der Waals surface area contributed by atoms with Crippen molar-refractivity contribution in [3.63, 3.8) is 0 Å². The second-order valence-electron chi connectivity index (χ2n) is 6.16. The molecule has 1 aliphatic heterocycles. The molecule has 28 heavy (non-hydrogen) atoms. The Bertz CT molecular complexity index is 983. The molecular formula is C17H22N6O3S2. The van der Waals surface area contributed by atoms with Gasteiger partial charge in [-0.15, -0.1) is 0 Å². The van der Waals surface area contributed by atoms with E-state index in [1.807, 2.05) is 26.0 Å². The summed E-state index contributed by atoms with van der Waals surface area (Å²) < 4.78 is 35.7. The summed E-state index contributed by atoms with van der Waals surface area (Å²) in [6.45, 7) is 4.37. The number of rotatable bonds is 6. The summed E-state index contributed by atoms with van der Waals surface area (Å²) in [5.41, 5.74) is 3.13. The quantitative estimate of drug-likeness (QED) is 0.687. The third kappa shape index (κ3) is 5.26. The van der Waals surface area contributed by atoms with Crippen molar-refractivity contribution < 1.29 is 13.2 Å². The van der Waals surface area contributed by atoms with Gasteiger partial charge in [-0.25, -0.2) is 9.71 Å². The van der Waals surface area contributed by atoms with Gasteiger partial charge in [0.1, 0.15) is 5.75 Å². The predicted molar refractivity (Wildman–Crippen MR) is 111 cm³/mol. The minimum absolute atomic E-state index is 0.0545.